The van der Waals surface area contributed by atoms with Crippen molar-refractivity contribution in [1.82, 2.24) is 14.9 Å². The fraction of sp³-hybridized carbons (Fsp3) is 0.733. The van der Waals surface area contributed by atoms with Gasteiger partial charge in [-0.05, 0) is 33.9 Å². The van der Waals surface area contributed by atoms with E-state index in [0.717, 1.165) is 49.9 Å². The smallest absolute Gasteiger partial charge is 0.134 e. The van der Waals surface area contributed by atoms with Crippen LogP contribution in [0.1, 0.15) is 32.5 Å². The first-order chi connectivity index (χ1) is 9.63. The molecule has 0 amide bonds. The molecule has 20 heavy (non-hydrogen) atoms. The second kappa shape index (κ2) is 6.88. The first kappa shape index (κ1) is 15.0. The highest BCUT2D eigenvalue weighted by Crippen LogP contribution is 2.22. The third-order valence-electron chi connectivity index (χ3n) is 3.81. The Kier molecular flexibility index (Phi) is 5.17. The molecule has 1 aromatic heterocycles. The van der Waals surface area contributed by atoms with Crippen LogP contribution >= 0.6 is 0 Å². The first-order valence-electron chi connectivity index (χ1n) is 7.67. The Hall–Kier alpha value is -1.36. The van der Waals surface area contributed by atoms with E-state index in [1.165, 1.54) is 6.42 Å². The predicted molar refractivity (Wildman–Crippen MR) is 84.5 cm³/mol. The number of nitrogens with one attached hydrogen (secondary N) is 1. The van der Waals surface area contributed by atoms with Crippen LogP contribution < -0.4 is 10.2 Å². The molecule has 2 rings (SSSR count). The second-order valence-electron chi connectivity index (χ2n) is 5.66. The monoisotopic (exact) mass is 277 g/mol. The van der Waals surface area contributed by atoms with E-state index in [9.17, 15) is 0 Å². The summed E-state index contributed by atoms with van der Waals surface area (Å²) < 4.78 is 0. The van der Waals surface area contributed by atoms with Gasteiger partial charge in [0, 0.05) is 38.2 Å². The van der Waals surface area contributed by atoms with Crippen molar-refractivity contribution in [2.45, 2.75) is 39.2 Å². The number of hydrogen-bond acceptors (Lipinski definition) is 5. The summed E-state index contributed by atoms with van der Waals surface area (Å²) in [7, 11) is 4.31. The molecule has 1 aliphatic heterocycles. The maximum absolute atomic E-state index is 4.74. The molecule has 5 heteroatoms. The maximum atomic E-state index is 4.74. The summed E-state index contributed by atoms with van der Waals surface area (Å²) in [6, 6.07) is 2.71. The summed E-state index contributed by atoms with van der Waals surface area (Å²) in [5.41, 5.74) is 0. The number of anilines is 2. The van der Waals surface area contributed by atoms with Gasteiger partial charge < -0.3 is 15.1 Å². The number of likely N-dealkylation sites (N-methyl/N-ethyl adjacent to an activating group) is 1. The summed E-state index contributed by atoms with van der Waals surface area (Å²) in [6.45, 7) is 7.29. The quantitative estimate of drug-likeness (QED) is 0.861. The molecule has 1 aliphatic rings. The number of nitrogens with zero attached hydrogens (tertiary/aromatic N) is 4. The Bertz CT molecular complexity index is 408. The Balaban J connectivity index is 2.17. The SMILES string of the molecule is CCCc1nc(NCC)cc(N2CCC(N(C)C)C2)n1. The van der Waals surface area contributed by atoms with Crippen molar-refractivity contribution < 1.29 is 0 Å². The summed E-state index contributed by atoms with van der Waals surface area (Å²) in [6.07, 6.45) is 3.23. The lowest BCUT2D eigenvalue weighted by Gasteiger charge is -2.22. The number of aromatic nitrogens is 2. The van der Waals surface area contributed by atoms with Gasteiger partial charge in [0.05, 0.1) is 0 Å². The lowest BCUT2D eigenvalue weighted by atomic mass is 10.2. The maximum Gasteiger partial charge on any atom is 0.134 e. The molecule has 1 unspecified atom stereocenters. The van der Waals surface area contributed by atoms with Crippen molar-refractivity contribution >= 4 is 11.6 Å². The van der Waals surface area contributed by atoms with Crippen LogP contribution in [0.15, 0.2) is 6.07 Å². The largest absolute Gasteiger partial charge is 0.370 e. The van der Waals surface area contributed by atoms with Crippen LogP contribution in [0, 0.1) is 0 Å². The van der Waals surface area contributed by atoms with Crippen LogP contribution in [0.2, 0.25) is 0 Å². The second-order valence-corrected chi connectivity index (χ2v) is 5.66. The Morgan fingerprint density at radius 3 is 2.75 bits per heavy atom. The zero-order valence-corrected chi connectivity index (χ0v) is 13.2. The van der Waals surface area contributed by atoms with Crippen LogP contribution in [-0.4, -0.2) is 54.6 Å². The molecule has 0 aromatic carbocycles. The molecule has 0 aliphatic carbocycles. The fourth-order valence-electron chi connectivity index (χ4n) is 2.62. The van der Waals surface area contributed by atoms with Crippen molar-refractivity contribution in [1.29, 1.82) is 0 Å². The number of hydrogen-bond donors (Lipinski definition) is 1. The molecule has 0 radical (unpaired) electrons. The third-order valence-corrected chi connectivity index (χ3v) is 3.81. The zero-order valence-electron chi connectivity index (χ0n) is 13.2. The molecule has 5 nitrogen and oxygen atoms in total. The molecule has 0 bridgehead atoms. The Labute approximate surface area is 122 Å². The fourth-order valence-corrected chi connectivity index (χ4v) is 2.62. The van der Waals surface area contributed by atoms with Gasteiger partial charge in [-0.15, -0.1) is 0 Å². The molecule has 112 valence electrons. The molecule has 1 atom stereocenters. The Morgan fingerprint density at radius 1 is 1.35 bits per heavy atom. The minimum Gasteiger partial charge on any atom is -0.370 e. The molecule has 2 heterocycles. The average molecular weight is 277 g/mol. The first-order valence-corrected chi connectivity index (χ1v) is 7.67. The van der Waals surface area contributed by atoms with Crippen molar-refractivity contribution in [3.8, 4) is 0 Å². The normalized spacial score (nSPS) is 18.9. The lowest BCUT2D eigenvalue weighted by Crippen LogP contribution is -2.31. The van der Waals surface area contributed by atoms with Crippen molar-refractivity contribution in [2.24, 2.45) is 0 Å². The highest BCUT2D eigenvalue weighted by molar-refractivity contribution is 5.50. The molecular weight excluding hydrogens is 250 g/mol. The molecular formula is C15H27N5. The Morgan fingerprint density at radius 2 is 2.15 bits per heavy atom. The van der Waals surface area contributed by atoms with E-state index in [1.54, 1.807) is 0 Å². The van der Waals surface area contributed by atoms with Gasteiger partial charge in [0.25, 0.3) is 0 Å². The van der Waals surface area contributed by atoms with Gasteiger partial charge in [-0.25, -0.2) is 9.97 Å². The van der Waals surface area contributed by atoms with Crippen molar-refractivity contribution in [2.75, 3.05) is 43.9 Å². The highest BCUT2D eigenvalue weighted by Gasteiger charge is 2.25. The minimum atomic E-state index is 0.627. The van der Waals surface area contributed by atoms with E-state index in [2.05, 4.69) is 54.1 Å². The number of rotatable bonds is 6. The molecule has 1 aromatic rings. The summed E-state index contributed by atoms with van der Waals surface area (Å²) in [5, 5.41) is 3.32. The summed E-state index contributed by atoms with van der Waals surface area (Å²) in [4.78, 5) is 14.0. The summed E-state index contributed by atoms with van der Waals surface area (Å²) in [5.74, 6) is 2.98. The van der Waals surface area contributed by atoms with Gasteiger partial charge in [0.1, 0.15) is 17.5 Å². The van der Waals surface area contributed by atoms with E-state index in [-0.39, 0.29) is 0 Å². The van der Waals surface area contributed by atoms with E-state index < -0.39 is 0 Å². The highest BCUT2D eigenvalue weighted by atomic mass is 15.3. The van der Waals surface area contributed by atoms with E-state index >= 15 is 0 Å². The third kappa shape index (κ3) is 3.60. The van der Waals surface area contributed by atoms with Gasteiger partial charge in [-0.2, -0.15) is 0 Å². The van der Waals surface area contributed by atoms with Crippen molar-refractivity contribution in [3.05, 3.63) is 11.9 Å². The molecule has 1 N–H and O–H groups in total. The van der Waals surface area contributed by atoms with E-state index in [4.69, 9.17) is 4.98 Å². The standard InChI is InChI=1S/C15H27N5/c1-5-7-13-17-14(16-6-2)10-15(18-13)20-9-8-12(11-20)19(3)4/h10,12H,5-9,11H2,1-4H3,(H,16,17,18). The van der Waals surface area contributed by atoms with Crippen LogP contribution in [0.25, 0.3) is 0 Å². The molecule has 1 fully saturated rings. The van der Waals surface area contributed by atoms with Crippen LogP contribution in [0.5, 0.6) is 0 Å². The van der Waals surface area contributed by atoms with Gasteiger partial charge in [-0.1, -0.05) is 6.92 Å². The molecule has 1 saturated heterocycles. The average Bonchev–Trinajstić information content (AvgIpc) is 2.89. The number of aryl methyl sites for hydroxylation is 1. The molecule has 0 spiro atoms. The topological polar surface area (TPSA) is 44.3 Å². The summed E-state index contributed by atoms with van der Waals surface area (Å²) >= 11 is 0. The van der Waals surface area contributed by atoms with Gasteiger partial charge in [0.15, 0.2) is 0 Å². The lowest BCUT2D eigenvalue weighted by molar-refractivity contribution is 0.315. The molecule has 0 saturated carbocycles. The van der Waals surface area contributed by atoms with Crippen LogP contribution in [-0.2, 0) is 6.42 Å². The van der Waals surface area contributed by atoms with Crippen LogP contribution in [0.4, 0.5) is 11.6 Å². The predicted octanol–water partition coefficient (Wildman–Crippen LogP) is 2.00. The van der Waals surface area contributed by atoms with Gasteiger partial charge in [-0.3, -0.25) is 0 Å². The van der Waals surface area contributed by atoms with Crippen LogP contribution in [0.3, 0.4) is 0 Å². The zero-order chi connectivity index (χ0) is 14.5. The minimum absolute atomic E-state index is 0.627. The van der Waals surface area contributed by atoms with Crippen molar-refractivity contribution in [3.63, 3.8) is 0 Å². The van der Waals surface area contributed by atoms with E-state index in [1.807, 2.05) is 0 Å². The van der Waals surface area contributed by atoms with Gasteiger partial charge in [0.2, 0.25) is 0 Å². The van der Waals surface area contributed by atoms with Gasteiger partial charge >= 0.3 is 0 Å². The van der Waals surface area contributed by atoms with E-state index in [0.29, 0.717) is 6.04 Å².